The molecule has 1 aromatic heterocycles. The fourth-order valence-corrected chi connectivity index (χ4v) is 4.89. The number of para-hydroxylation sites is 1. The Balaban J connectivity index is 1.24. The fourth-order valence-electron chi connectivity index (χ4n) is 3.80. The number of nitrogens with zero attached hydrogens (tertiary/aromatic N) is 1. The predicted octanol–water partition coefficient (Wildman–Crippen LogP) is 4.05. The van der Waals surface area contributed by atoms with Crippen molar-refractivity contribution >= 4 is 23.2 Å². The van der Waals surface area contributed by atoms with E-state index in [0.29, 0.717) is 24.6 Å². The molecule has 0 saturated heterocycles. The number of carbonyl (C=O) groups excluding carboxylic acids is 2. The van der Waals surface area contributed by atoms with Gasteiger partial charge in [-0.3, -0.25) is 4.79 Å². The molecule has 0 bridgehead atoms. The van der Waals surface area contributed by atoms with Crippen LogP contribution in [0.1, 0.15) is 26.4 Å². The van der Waals surface area contributed by atoms with E-state index >= 15 is 0 Å². The quantitative estimate of drug-likeness (QED) is 0.617. The summed E-state index contributed by atoms with van der Waals surface area (Å²) in [6.07, 6.45) is 0.826. The third-order valence-electron chi connectivity index (χ3n) is 5.34. The molecule has 2 aliphatic heterocycles. The summed E-state index contributed by atoms with van der Waals surface area (Å²) < 4.78 is 11.1. The molecule has 0 atom stereocenters. The number of esters is 1. The number of thiophene rings is 1. The zero-order valence-corrected chi connectivity index (χ0v) is 16.5. The lowest BCUT2D eigenvalue weighted by molar-refractivity contribution is -0.135. The number of amides is 1. The highest BCUT2D eigenvalue weighted by molar-refractivity contribution is 7.17. The molecule has 0 saturated carbocycles. The summed E-state index contributed by atoms with van der Waals surface area (Å²) in [6, 6.07) is 17.7. The standard InChI is InChI=1S/C23H19NO4S/c25-21(24-10-9-15-5-1-2-6-16(15)12-24)14-28-23(26)20-11-17-13-27-19-8-4-3-7-18(19)22(17)29-20/h1-8,11H,9-10,12-14H2. The first-order valence-electron chi connectivity index (χ1n) is 9.55. The van der Waals surface area contributed by atoms with E-state index in [4.69, 9.17) is 9.47 Å². The van der Waals surface area contributed by atoms with Crippen LogP contribution in [0.25, 0.3) is 10.4 Å². The van der Waals surface area contributed by atoms with Gasteiger partial charge in [-0.1, -0.05) is 36.4 Å². The van der Waals surface area contributed by atoms with Gasteiger partial charge >= 0.3 is 5.97 Å². The third-order valence-corrected chi connectivity index (χ3v) is 6.53. The molecule has 0 radical (unpaired) electrons. The number of hydrogen-bond acceptors (Lipinski definition) is 5. The fraction of sp³-hybridized carbons (Fsp3) is 0.217. The van der Waals surface area contributed by atoms with Gasteiger partial charge in [-0.2, -0.15) is 0 Å². The van der Waals surface area contributed by atoms with Crippen molar-refractivity contribution in [3.8, 4) is 16.2 Å². The predicted molar refractivity (Wildman–Crippen MR) is 110 cm³/mol. The number of benzene rings is 2. The average Bonchev–Trinajstić information content (AvgIpc) is 3.22. The van der Waals surface area contributed by atoms with Gasteiger partial charge in [-0.25, -0.2) is 4.79 Å². The Morgan fingerprint density at radius 1 is 1.03 bits per heavy atom. The van der Waals surface area contributed by atoms with E-state index in [1.807, 2.05) is 42.5 Å². The van der Waals surface area contributed by atoms with Crippen LogP contribution in [0, 0.1) is 0 Å². The van der Waals surface area contributed by atoms with Crippen molar-refractivity contribution < 1.29 is 19.1 Å². The van der Waals surface area contributed by atoms with Crippen molar-refractivity contribution in [1.82, 2.24) is 4.90 Å². The smallest absolute Gasteiger partial charge is 0.348 e. The second-order valence-corrected chi connectivity index (χ2v) is 8.21. The molecule has 0 N–H and O–H groups in total. The average molecular weight is 405 g/mol. The van der Waals surface area contributed by atoms with Gasteiger partial charge in [0.25, 0.3) is 5.91 Å². The Morgan fingerprint density at radius 2 is 1.83 bits per heavy atom. The van der Waals surface area contributed by atoms with Gasteiger partial charge < -0.3 is 14.4 Å². The van der Waals surface area contributed by atoms with Gasteiger partial charge in [0, 0.05) is 29.1 Å². The summed E-state index contributed by atoms with van der Waals surface area (Å²) in [5, 5.41) is 0. The molecule has 0 aliphatic carbocycles. The van der Waals surface area contributed by atoms with Crippen LogP contribution in [0.2, 0.25) is 0 Å². The Bertz CT molecular complexity index is 1100. The van der Waals surface area contributed by atoms with E-state index in [0.717, 1.165) is 33.7 Å². The lowest BCUT2D eigenvalue weighted by atomic mass is 10.00. The van der Waals surface area contributed by atoms with Crippen LogP contribution in [0.3, 0.4) is 0 Å². The Morgan fingerprint density at radius 3 is 2.72 bits per heavy atom. The van der Waals surface area contributed by atoms with Gasteiger partial charge in [0.2, 0.25) is 0 Å². The largest absolute Gasteiger partial charge is 0.488 e. The maximum Gasteiger partial charge on any atom is 0.348 e. The molecule has 5 rings (SSSR count). The molecule has 3 heterocycles. The normalized spacial score (nSPS) is 14.3. The second-order valence-electron chi connectivity index (χ2n) is 7.16. The summed E-state index contributed by atoms with van der Waals surface area (Å²) >= 11 is 1.38. The van der Waals surface area contributed by atoms with E-state index < -0.39 is 5.97 Å². The topological polar surface area (TPSA) is 55.8 Å². The van der Waals surface area contributed by atoms with Crippen LogP contribution in [0.5, 0.6) is 5.75 Å². The molecular weight excluding hydrogens is 386 g/mol. The van der Waals surface area contributed by atoms with Crippen molar-refractivity contribution in [2.75, 3.05) is 13.2 Å². The van der Waals surface area contributed by atoms with Crippen molar-refractivity contribution in [2.45, 2.75) is 19.6 Å². The first kappa shape index (κ1) is 17.9. The number of ether oxygens (including phenoxy) is 2. The molecule has 0 unspecified atom stereocenters. The molecule has 3 aromatic rings. The molecule has 5 nitrogen and oxygen atoms in total. The van der Waals surface area contributed by atoms with Crippen LogP contribution in [-0.4, -0.2) is 29.9 Å². The lowest BCUT2D eigenvalue weighted by Gasteiger charge is -2.28. The van der Waals surface area contributed by atoms with Crippen LogP contribution in [0.4, 0.5) is 0 Å². The molecular formula is C23H19NO4S. The highest BCUT2D eigenvalue weighted by atomic mass is 32.1. The molecule has 1 amide bonds. The van der Waals surface area contributed by atoms with Crippen LogP contribution in [0.15, 0.2) is 54.6 Å². The zero-order valence-electron chi connectivity index (χ0n) is 15.7. The van der Waals surface area contributed by atoms with Gasteiger partial charge in [0.05, 0.1) is 0 Å². The van der Waals surface area contributed by atoms with Crippen molar-refractivity contribution in [2.24, 2.45) is 0 Å². The molecule has 2 aromatic carbocycles. The van der Waals surface area contributed by atoms with Crippen molar-refractivity contribution in [1.29, 1.82) is 0 Å². The molecule has 6 heteroatoms. The highest BCUT2D eigenvalue weighted by Gasteiger charge is 2.25. The van der Waals surface area contributed by atoms with E-state index in [-0.39, 0.29) is 12.5 Å². The van der Waals surface area contributed by atoms with Gasteiger partial charge in [0.1, 0.15) is 17.2 Å². The van der Waals surface area contributed by atoms with E-state index in [9.17, 15) is 9.59 Å². The van der Waals surface area contributed by atoms with Gasteiger partial charge in [-0.15, -0.1) is 11.3 Å². The van der Waals surface area contributed by atoms with Gasteiger partial charge in [-0.05, 0) is 35.7 Å². The second kappa shape index (κ2) is 7.37. The van der Waals surface area contributed by atoms with E-state index in [1.165, 1.54) is 16.9 Å². The summed E-state index contributed by atoms with van der Waals surface area (Å²) in [7, 11) is 0. The minimum Gasteiger partial charge on any atom is -0.488 e. The summed E-state index contributed by atoms with van der Waals surface area (Å²) in [5.74, 6) is 0.192. The molecule has 2 aliphatic rings. The van der Waals surface area contributed by atoms with Crippen molar-refractivity contribution in [3.05, 3.63) is 76.2 Å². The zero-order chi connectivity index (χ0) is 19.8. The van der Waals surface area contributed by atoms with E-state index in [2.05, 4.69) is 6.07 Å². The lowest BCUT2D eigenvalue weighted by Crippen LogP contribution is -2.38. The first-order chi connectivity index (χ1) is 14.2. The van der Waals surface area contributed by atoms with Crippen molar-refractivity contribution in [3.63, 3.8) is 0 Å². The third kappa shape index (κ3) is 3.40. The minimum atomic E-state index is -0.465. The number of fused-ring (bicyclic) bond motifs is 4. The molecule has 29 heavy (non-hydrogen) atoms. The number of carbonyl (C=O) groups is 2. The monoisotopic (exact) mass is 405 g/mol. The molecule has 146 valence electrons. The summed E-state index contributed by atoms with van der Waals surface area (Å²) in [4.78, 5) is 28.3. The van der Waals surface area contributed by atoms with E-state index in [1.54, 1.807) is 11.0 Å². The summed E-state index contributed by atoms with van der Waals surface area (Å²) in [6.45, 7) is 1.40. The Kier molecular flexibility index (Phi) is 4.56. The maximum absolute atomic E-state index is 12.5. The minimum absolute atomic E-state index is 0.164. The Labute approximate surface area is 172 Å². The number of hydrogen-bond donors (Lipinski definition) is 0. The summed E-state index contributed by atoms with van der Waals surface area (Å²) in [5.41, 5.74) is 4.39. The van der Waals surface area contributed by atoms with Crippen LogP contribution < -0.4 is 4.74 Å². The Hall–Kier alpha value is -3.12. The SMILES string of the molecule is O=C(OCC(=O)N1CCc2ccccc2C1)c1cc2c(s1)-c1ccccc1OC2. The van der Waals surface area contributed by atoms with Crippen LogP contribution >= 0.6 is 11.3 Å². The molecule has 0 fully saturated rings. The van der Waals surface area contributed by atoms with Gasteiger partial charge in [0.15, 0.2) is 6.61 Å². The highest BCUT2D eigenvalue weighted by Crippen LogP contribution is 2.42. The first-order valence-corrected chi connectivity index (χ1v) is 10.4. The number of rotatable bonds is 3. The molecule has 0 spiro atoms. The maximum atomic E-state index is 12.5. The van der Waals surface area contributed by atoms with Crippen LogP contribution in [-0.2, 0) is 29.1 Å².